The van der Waals surface area contributed by atoms with Crippen molar-refractivity contribution in [3.63, 3.8) is 0 Å². The number of aryl methyl sites for hydroxylation is 1. The van der Waals surface area contributed by atoms with Gasteiger partial charge in [-0.2, -0.15) is 4.31 Å². The van der Waals surface area contributed by atoms with Gasteiger partial charge in [-0.15, -0.1) is 0 Å². The lowest BCUT2D eigenvalue weighted by atomic mass is 10.0. The van der Waals surface area contributed by atoms with Crippen LogP contribution in [0.15, 0.2) is 57.9 Å². The fourth-order valence-corrected chi connectivity index (χ4v) is 4.57. The Morgan fingerprint density at radius 3 is 2.24 bits per heavy atom. The van der Waals surface area contributed by atoms with Crippen LogP contribution in [-0.4, -0.2) is 19.8 Å². The zero-order chi connectivity index (χ0) is 15.6. The van der Waals surface area contributed by atoms with Gasteiger partial charge in [0.15, 0.2) is 0 Å². The van der Waals surface area contributed by atoms with E-state index in [1.165, 1.54) is 4.31 Å². The van der Waals surface area contributed by atoms with Gasteiger partial charge in [-0.3, -0.25) is 0 Å². The molecule has 0 fully saturated rings. The average molecular weight is 368 g/mol. The number of benzene rings is 2. The van der Waals surface area contributed by atoms with E-state index in [-0.39, 0.29) is 10.9 Å². The third-order valence-corrected chi connectivity index (χ3v) is 6.62. The molecular formula is C16H18BrNO2S. The summed E-state index contributed by atoms with van der Waals surface area (Å²) in [4.78, 5) is 0.285. The highest BCUT2D eigenvalue weighted by Gasteiger charge is 2.28. The second-order valence-corrected chi connectivity index (χ2v) is 7.80. The molecule has 0 saturated carbocycles. The molecule has 5 heteroatoms. The maximum atomic E-state index is 12.8. The molecular weight excluding hydrogens is 350 g/mol. The number of halogens is 1. The summed E-state index contributed by atoms with van der Waals surface area (Å²) in [6.45, 7) is 3.89. The van der Waals surface area contributed by atoms with Crippen molar-refractivity contribution in [2.24, 2.45) is 0 Å². The first-order chi connectivity index (χ1) is 9.85. The largest absolute Gasteiger partial charge is 0.244 e. The SMILES string of the molecule is Cc1ccccc1[C@H](C)N(C)S(=O)(=O)c1ccccc1Br. The Kier molecular flexibility index (Phi) is 4.86. The quantitative estimate of drug-likeness (QED) is 0.814. The van der Waals surface area contributed by atoms with Crippen molar-refractivity contribution >= 4 is 26.0 Å². The van der Waals surface area contributed by atoms with Crippen molar-refractivity contribution in [1.82, 2.24) is 4.31 Å². The summed E-state index contributed by atoms with van der Waals surface area (Å²) in [5.74, 6) is 0. The van der Waals surface area contributed by atoms with Crippen molar-refractivity contribution in [3.8, 4) is 0 Å². The maximum Gasteiger partial charge on any atom is 0.244 e. The highest BCUT2D eigenvalue weighted by molar-refractivity contribution is 9.10. The predicted molar refractivity (Wildman–Crippen MR) is 88.7 cm³/mol. The van der Waals surface area contributed by atoms with E-state index >= 15 is 0 Å². The van der Waals surface area contributed by atoms with E-state index in [4.69, 9.17) is 0 Å². The molecule has 0 radical (unpaired) electrons. The molecule has 0 saturated heterocycles. The Morgan fingerprint density at radius 2 is 1.62 bits per heavy atom. The molecule has 0 aliphatic rings. The summed E-state index contributed by atoms with van der Waals surface area (Å²) in [5, 5.41) is 0. The summed E-state index contributed by atoms with van der Waals surface area (Å²) in [5.41, 5.74) is 2.09. The molecule has 0 spiro atoms. The summed E-state index contributed by atoms with van der Waals surface area (Å²) in [6.07, 6.45) is 0. The third-order valence-electron chi connectivity index (χ3n) is 3.68. The molecule has 0 aliphatic heterocycles. The lowest BCUT2D eigenvalue weighted by Crippen LogP contribution is -2.30. The summed E-state index contributed by atoms with van der Waals surface area (Å²) in [7, 11) is -1.93. The Labute approximate surface area is 134 Å². The number of rotatable bonds is 4. The maximum absolute atomic E-state index is 12.8. The second kappa shape index (κ2) is 6.30. The van der Waals surface area contributed by atoms with Gasteiger partial charge in [-0.25, -0.2) is 8.42 Å². The zero-order valence-electron chi connectivity index (χ0n) is 12.2. The van der Waals surface area contributed by atoms with Crippen LogP contribution < -0.4 is 0 Å². The van der Waals surface area contributed by atoms with Crippen molar-refractivity contribution in [1.29, 1.82) is 0 Å². The first kappa shape index (κ1) is 16.2. The van der Waals surface area contributed by atoms with Gasteiger partial charge in [0.2, 0.25) is 10.0 Å². The predicted octanol–water partition coefficient (Wildman–Crippen LogP) is 4.14. The van der Waals surface area contributed by atoms with E-state index in [9.17, 15) is 8.42 Å². The van der Waals surface area contributed by atoms with E-state index in [0.29, 0.717) is 4.47 Å². The average Bonchev–Trinajstić information content (AvgIpc) is 2.46. The summed E-state index contributed by atoms with van der Waals surface area (Å²) < 4.78 is 27.5. The van der Waals surface area contributed by atoms with Crippen molar-refractivity contribution in [2.75, 3.05) is 7.05 Å². The molecule has 0 N–H and O–H groups in total. The Balaban J connectivity index is 2.42. The van der Waals surface area contributed by atoms with Gasteiger partial charge in [0.1, 0.15) is 0 Å². The third kappa shape index (κ3) is 3.20. The van der Waals surface area contributed by atoms with Gasteiger partial charge < -0.3 is 0 Å². The van der Waals surface area contributed by atoms with E-state index in [1.807, 2.05) is 38.1 Å². The highest BCUT2D eigenvalue weighted by atomic mass is 79.9. The van der Waals surface area contributed by atoms with E-state index < -0.39 is 10.0 Å². The van der Waals surface area contributed by atoms with Gasteiger partial charge in [0.25, 0.3) is 0 Å². The normalized spacial score (nSPS) is 13.4. The number of sulfonamides is 1. The van der Waals surface area contributed by atoms with Gasteiger partial charge in [0, 0.05) is 17.6 Å². The van der Waals surface area contributed by atoms with Crippen LogP contribution >= 0.6 is 15.9 Å². The van der Waals surface area contributed by atoms with Crippen LogP contribution in [0.2, 0.25) is 0 Å². The number of hydrogen-bond donors (Lipinski definition) is 0. The van der Waals surface area contributed by atoms with E-state index in [2.05, 4.69) is 15.9 Å². The molecule has 0 amide bonds. The molecule has 0 unspecified atom stereocenters. The molecule has 3 nitrogen and oxygen atoms in total. The number of nitrogens with zero attached hydrogens (tertiary/aromatic N) is 1. The minimum atomic E-state index is -3.55. The zero-order valence-corrected chi connectivity index (χ0v) is 14.6. The van der Waals surface area contributed by atoms with Gasteiger partial charge in [0.05, 0.1) is 4.90 Å². The monoisotopic (exact) mass is 367 g/mol. The first-order valence-electron chi connectivity index (χ1n) is 6.64. The molecule has 112 valence electrons. The van der Waals surface area contributed by atoms with Crippen molar-refractivity contribution < 1.29 is 8.42 Å². The highest BCUT2D eigenvalue weighted by Crippen LogP contribution is 2.30. The van der Waals surface area contributed by atoms with Crippen molar-refractivity contribution in [3.05, 3.63) is 64.1 Å². The molecule has 2 aromatic carbocycles. The molecule has 1 atom stereocenters. The van der Waals surface area contributed by atoms with E-state index in [1.54, 1.807) is 31.3 Å². The fourth-order valence-electron chi connectivity index (χ4n) is 2.27. The Bertz CT molecular complexity index is 743. The summed E-state index contributed by atoms with van der Waals surface area (Å²) in [6, 6.07) is 14.5. The molecule has 0 aliphatic carbocycles. The van der Waals surface area contributed by atoms with Crippen LogP contribution in [0.4, 0.5) is 0 Å². The Morgan fingerprint density at radius 1 is 1.05 bits per heavy atom. The standard InChI is InChI=1S/C16H18BrNO2S/c1-12-8-4-5-9-14(12)13(2)18(3)21(19,20)16-11-7-6-10-15(16)17/h4-11,13H,1-3H3/t13-/m0/s1. The van der Waals surface area contributed by atoms with Crippen LogP contribution in [0.5, 0.6) is 0 Å². The molecule has 2 rings (SSSR count). The van der Waals surface area contributed by atoms with Gasteiger partial charge in [-0.1, -0.05) is 36.4 Å². The lowest BCUT2D eigenvalue weighted by molar-refractivity contribution is 0.397. The van der Waals surface area contributed by atoms with Gasteiger partial charge >= 0.3 is 0 Å². The summed E-state index contributed by atoms with van der Waals surface area (Å²) >= 11 is 3.31. The van der Waals surface area contributed by atoms with Crippen LogP contribution in [0.1, 0.15) is 24.1 Å². The first-order valence-corrected chi connectivity index (χ1v) is 8.87. The molecule has 21 heavy (non-hydrogen) atoms. The topological polar surface area (TPSA) is 37.4 Å². The molecule has 0 bridgehead atoms. The van der Waals surface area contributed by atoms with Crippen molar-refractivity contribution in [2.45, 2.75) is 24.8 Å². The minimum Gasteiger partial charge on any atom is -0.207 e. The Hall–Kier alpha value is -1.17. The molecule has 0 heterocycles. The van der Waals surface area contributed by atoms with Crippen LogP contribution in [0.3, 0.4) is 0 Å². The number of hydrogen-bond acceptors (Lipinski definition) is 2. The van der Waals surface area contributed by atoms with Crippen LogP contribution in [0.25, 0.3) is 0 Å². The van der Waals surface area contributed by atoms with Crippen LogP contribution in [-0.2, 0) is 10.0 Å². The smallest absolute Gasteiger partial charge is 0.207 e. The molecule has 0 aromatic heterocycles. The van der Waals surface area contributed by atoms with Crippen LogP contribution in [0, 0.1) is 6.92 Å². The lowest BCUT2D eigenvalue weighted by Gasteiger charge is -2.26. The minimum absolute atomic E-state index is 0.233. The molecule has 2 aromatic rings. The van der Waals surface area contributed by atoms with Gasteiger partial charge in [-0.05, 0) is 53.0 Å². The van der Waals surface area contributed by atoms with E-state index in [0.717, 1.165) is 11.1 Å². The fraction of sp³-hybridized carbons (Fsp3) is 0.250. The second-order valence-electron chi connectivity index (χ2n) is 4.98.